The van der Waals surface area contributed by atoms with Gasteiger partial charge in [0.15, 0.2) is 5.75 Å². The Labute approximate surface area is 106 Å². The van der Waals surface area contributed by atoms with Crippen LogP contribution in [-0.4, -0.2) is 23.1 Å². The second-order valence-electron chi connectivity index (χ2n) is 3.53. The summed E-state index contributed by atoms with van der Waals surface area (Å²) in [6.45, 7) is 1.72. The third-order valence-electron chi connectivity index (χ3n) is 2.29. The minimum absolute atomic E-state index is 0.131. The first-order valence-corrected chi connectivity index (χ1v) is 6.80. The fourth-order valence-corrected chi connectivity index (χ4v) is 2.80. The number of benzene rings is 1. The fourth-order valence-electron chi connectivity index (χ4n) is 1.52. The Kier molecular flexibility index (Phi) is 2.84. The molecule has 7 heteroatoms. The molecule has 0 spiro atoms. The molecule has 2 aromatic rings. The van der Waals surface area contributed by atoms with Crippen LogP contribution in [0.2, 0.25) is 0 Å². The van der Waals surface area contributed by atoms with Crippen LogP contribution < -0.4 is 0 Å². The Balaban J connectivity index is 3.03. The normalized spacial score (nSPS) is 11.9. The maximum atomic E-state index is 11.2. The van der Waals surface area contributed by atoms with Gasteiger partial charge in [-0.2, -0.15) is 8.42 Å². The lowest BCUT2D eigenvalue weighted by Gasteiger charge is -2.07. The van der Waals surface area contributed by atoms with E-state index in [0.29, 0.717) is 5.69 Å². The number of nitrogens with zero attached hydrogens (tertiary/aromatic N) is 1. The molecular weight excluding hydrogens is 310 g/mol. The van der Waals surface area contributed by atoms with Crippen LogP contribution in [0.25, 0.3) is 10.9 Å². The molecule has 0 amide bonds. The van der Waals surface area contributed by atoms with Gasteiger partial charge >= 0.3 is 0 Å². The Morgan fingerprint density at radius 2 is 2.00 bits per heavy atom. The highest BCUT2D eigenvalue weighted by atomic mass is 79.9. The van der Waals surface area contributed by atoms with Crippen LogP contribution >= 0.6 is 15.9 Å². The van der Waals surface area contributed by atoms with Gasteiger partial charge in [-0.1, -0.05) is 0 Å². The predicted molar refractivity (Wildman–Crippen MR) is 65.7 cm³/mol. The number of phenols is 1. The van der Waals surface area contributed by atoms with Gasteiger partial charge in [0.1, 0.15) is 10.4 Å². The van der Waals surface area contributed by atoms with Crippen molar-refractivity contribution in [1.29, 1.82) is 0 Å². The van der Waals surface area contributed by atoms with Gasteiger partial charge in [0.25, 0.3) is 10.1 Å². The zero-order valence-corrected chi connectivity index (χ0v) is 11.1. The summed E-state index contributed by atoms with van der Waals surface area (Å²) < 4.78 is 31.7. The SMILES string of the molecule is Cc1ccc2c(S(=O)(=O)O)cc(Br)c(O)c2n1. The van der Waals surface area contributed by atoms with Crippen molar-refractivity contribution in [3.63, 3.8) is 0 Å². The van der Waals surface area contributed by atoms with Crippen LogP contribution in [0.5, 0.6) is 5.75 Å². The molecule has 5 nitrogen and oxygen atoms in total. The van der Waals surface area contributed by atoms with Gasteiger partial charge in [0.05, 0.1) is 4.47 Å². The van der Waals surface area contributed by atoms with Gasteiger partial charge in [-0.15, -0.1) is 0 Å². The average molecular weight is 318 g/mol. The van der Waals surface area contributed by atoms with Gasteiger partial charge in [0, 0.05) is 11.1 Å². The largest absolute Gasteiger partial charge is 0.505 e. The van der Waals surface area contributed by atoms with Crippen LogP contribution in [0, 0.1) is 6.92 Å². The predicted octanol–water partition coefficient (Wildman–Crippen LogP) is 2.26. The van der Waals surface area contributed by atoms with Crippen molar-refractivity contribution < 1.29 is 18.1 Å². The van der Waals surface area contributed by atoms with E-state index in [2.05, 4.69) is 20.9 Å². The zero-order chi connectivity index (χ0) is 12.8. The first kappa shape index (κ1) is 12.3. The van der Waals surface area contributed by atoms with E-state index in [1.807, 2.05) is 0 Å². The molecular formula is C10H8BrNO4S. The highest BCUT2D eigenvalue weighted by Crippen LogP contribution is 2.35. The molecule has 1 aromatic heterocycles. The first-order valence-electron chi connectivity index (χ1n) is 4.57. The molecule has 1 heterocycles. The van der Waals surface area contributed by atoms with Crippen molar-refractivity contribution in [2.45, 2.75) is 11.8 Å². The second-order valence-corrected chi connectivity index (χ2v) is 5.77. The second kappa shape index (κ2) is 3.94. The molecule has 0 unspecified atom stereocenters. The van der Waals surface area contributed by atoms with Gasteiger partial charge in [-0.3, -0.25) is 4.55 Å². The quantitative estimate of drug-likeness (QED) is 0.788. The number of aromatic hydroxyl groups is 1. The van der Waals surface area contributed by atoms with Crippen LogP contribution in [0.15, 0.2) is 27.6 Å². The van der Waals surface area contributed by atoms with Crippen molar-refractivity contribution >= 4 is 37.0 Å². The maximum absolute atomic E-state index is 11.2. The lowest BCUT2D eigenvalue weighted by Crippen LogP contribution is -2.00. The van der Waals surface area contributed by atoms with Crippen LogP contribution in [-0.2, 0) is 10.1 Å². The van der Waals surface area contributed by atoms with Gasteiger partial charge in [-0.25, -0.2) is 4.98 Å². The molecule has 17 heavy (non-hydrogen) atoms. The molecule has 0 aliphatic carbocycles. The molecule has 1 aromatic carbocycles. The lowest BCUT2D eigenvalue weighted by molar-refractivity contribution is 0.475. The summed E-state index contributed by atoms with van der Waals surface area (Å²) in [6, 6.07) is 4.24. The molecule has 0 aliphatic heterocycles. The first-order chi connectivity index (χ1) is 7.80. The van der Waals surface area contributed by atoms with E-state index in [4.69, 9.17) is 4.55 Å². The molecule has 90 valence electrons. The van der Waals surface area contributed by atoms with E-state index in [9.17, 15) is 13.5 Å². The summed E-state index contributed by atoms with van der Waals surface area (Å²) >= 11 is 3.02. The standard InChI is InChI=1S/C10H8BrNO4S/c1-5-2-3-6-8(17(14,15)16)4-7(11)10(13)9(6)12-5/h2-4,13H,1H3,(H,14,15,16). The molecule has 0 radical (unpaired) electrons. The van der Waals surface area contributed by atoms with E-state index in [1.54, 1.807) is 13.0 Å². The molecule has 0 atom stereocenters. The summed E-state index contributed by atoms with van der Waals surface area (Å²) in [7, 11) is -4.36. The molecule has 2 N–H and O–H groups in total. The third-order valence-corrected chi connectivity index (χ3v) is 3.78. The highest BCUT2D eigenvalue weighted by molar-refractivity contribution is 9.10. The number of halogens is 1. The highest BCUT2D eigenvalue weighted by Gasteiger charge is 2.19. The third kappa shape index (κ3) is 2.13. The maximum Gasteiger partial charge on any atom is 0.295 e. The van der Waals surface area contributed by atoms with E-state index in [1.165, 1.54) is 6.07 Å². The minimum atomic E-state index is -4.36. The van der Waals surface area contributed by atoms with Crippen molar-refractivity contribution in [3.8, 4) is 5.75 Å². The number of phenolic OH excluding ortho intramolecular Hbond substituents is 1. The minimum Gasteiger partial charge on any atom is -0.505 e. The molecule has 0 saturated heterocycles. The van der Waals surface area contributed by atoms with E-state index in [0.717, 1.165) is 6.07 Å². The van der Waals surface area contributed by atoms with E-state index in [-0.39, 0.29) is 26.0 Å². The Morgan fingerprint density at radius 3 is 2.59 bits per heavy atom. The monoisotopic (exact) mass is 317 g/mol. The molecule has 0 fully saturated rings. The molecule has 0 saturated carbocycles. The van der Waals surface area contributed by atoms with E-state index >= 15 is 0 Å². The molecule has 0 aliphatic rings. The Bertz CT molecular complexity index is 712. The molecule has 2 rings (SSSR count). The number of hydrogen-bond donors (Lipinski definition) is 2. The van der Waals surface area contributed by atoms with Gasteiger partial charge < -0.3 is 5.11 Å². The summed E-state index contributed by atoms with van der Waals surface area (Å²) in [4.78, 5) is 3.77. The van der Waals surface area contributed by atoms with Crippen LogP contribution in [0.1, 0.15) is 5.69 Å². The van der Waals surface area contributed by atoms with Crippen molar-refractivity contribution in [2.24, 2.45) is 0 Å². The van der Waals surface area contributed by atoms with Crippen molar-refractivity contribution in [3.05, 3.63) is 28.4 Å². The number of pyridine rings is 1. The Hall–Kier alpha value is -1.18. The Morgan fingerprint density at radius 1 is 1.35 bits per heavy atom. The summed E-state index contributed by atoms with van der Waals surface area (Å²) in [5.41, 5.74) is 0.763. The number of aromatic nitrogens is 1. The lowest BCUT2D eigenvalue weighted by atomic mass is 10.2. The van der Waals surface area contributed by atoms with Crippen LogP contribution in [0.3, 0.4) is 0 Å². The van der Waals surface area contributed by atoms with E-state index < -0.39 is 10.1 Å². The number of aryl methyl sites for hydroxylation is 1. The van der Waals surface area contributed by atoms with Crippen LogP contribution in [0.4, 0.5) is 0 Å². The smallest absolute Gasteiger partial charge is 0.295 e. The molecule has 0 bridgehead atoms. The average Bonchev–Trinajstić information content (AvgIpc) is 2.22. The van der Waals surface area contributed by atoms with Crippen molar-refractivity contribution in [2.75, 3.05) is 0 Å². The topological polar surface area (TPSA) is 87.5 Å². The van der Waals surface area contributed by atoms with Gasteiger partial charge in [-0.05, 0) is 41.1 Å². The van der Waals surface area contributed by atoms with Crippen molar-refractivity contribution in [1.82, 2.24) is 4.98 Å². The fraction of sp³-hybridized carbons (Fsp3) is 0.100. The number of rotatable bonds is 1. The zero-order valence-electron chi connectivity index (χ0n) is 8.68. The summed E-state index contributed by atoms with van der Waals surface area (Å²) in [5.74, 6) is -0.156. The van der Waals surface area contributed by atoms with Gasteiger partial charge in [0.2, 0.25) is 0 Å². The summed E-state index contributed by atoms with van der Waals surface area (Å²) in [6.07, 6.45) is 0. The number of fused-ring (bicyclic) bond motifs is 1. The number of hydrogen-bond acceptors (Lipinski definition) is 4. The summed E-state index contributed by atoms with van der Waals surface area (Å²) in [5, 5.41) is 9.97.